The third kappa shape index (κ3) is 4.15. The second-order valence-electron chi connectivity index (χ2n) is 6.14. The first-order valence-electron chi connectivity index (χ1n) is 8.23. The first kappa shape index (κ1) is 19.0. The number of nitrogens with zero attached hydrogens (tertiary/aromatic N) is 1. The van der Waals surface area contributed by atoms with Gasteiger partial charge < -0.3 is 19.9 Å². The van der Waals surface area contributed by atoms with Gasteiger partial charge in [-0.1, -0.05) is 6.07 Å². The van der Waals surface area contributed by atoms with Gasteiger partial charge in [0.25, 0.3) is 0 Å². The van der Waals surface area contributed by atoms with Crippen molar-refractivity contribution in [2.24, 2.45) is 0 Å². The smallest absolute Gasteiger partial charge is 0.243 e. The minimum Gasteiger partial charge on any atom is -0.506 e. The number of likely N-dealkylation sites (N-methyl/N-ethyl adjacent to an activating group) is 1. The van der Waals surface area contributed by atoms with Crippen LogP contribution < -0.4 is 14.8 Å². The Balaban J connectivity index is 1.72. The van der Waals surface area contributed by atoms with Gasteiger partial charge in [-0.05, 0) is 36.8 Å². The highest BCUT2D eigenvalue weighted by Crippen LogP contribution is 2.33. The topological polar surface area (TPSA) is 105 Å². The van der Waals surface area contributed by atoms with E-state index in [1.165, 1.54) is 31.3 Å². The molecule has 27 heavy (non-hydrogen) atoms. The Morgan fingerprint density at radius 3 is 2.56 bits per heavy atom. The molecule has 144 valence electrons. The minimum absolute atomic E-state index is 0.000216. The number of phenolic OH excluding ortho intramolecular Hbond substituents is 1. The number of carbonyl (C=O) groups is 1. The summed E-state index contributed by atoms with van der Waals surface area (Å²) in [7, 11) is -2.60. The summed E-state index contributed by atoms with van der Waals surface area (Å²) in [6, 6.07) is 9.10. The number of aryl methyl sites for hydroxylation is 1. The van der Waals surface area contributed by atoms with E-state index < -0.39 is 22.5 Å². The molecule has 0 radical (unpaired) electrons. The molecule has 0 aromatic heterocycles. The number of benzene rings is 2. The van der Waals surface area contributed by atoms with Crippen molar-refractivity contribution in [1.29, 1.82) is 0 Å². The highest BCUT2D eigenvalue weighted by atomic mass is 32.2. The van der Waals surface area contributed by atoms with Gasteiger partial charge in [0.05, 0.1) is 17.1 Å². The largest absolute Gasteiger partial charge is 0.506 e. The quantitative estimate of drug-likeness (QED) is 0.751. The number of carbonyl (C=O) groups excluding carboxylic acids is 1. The van der Waals surface area contributed by atoms with Crippen LogP contribution in [0.2, 0.25) is 0 Å². The molecule has 2 aromatic rings. The van der Waals surface area contributed by atoms with E-state index in [0.717, 1.165) is 9.87 Å². The predicted molar refractivity (Wildman–Crippen MR) is 98.7 cm³/mol. The third-order valence-electron chi connectivity index (χ3n) is 4.02. The fourth-order valence-corrected chi connectivity index (χ4v) is 3.73. The van der Waals surface area contributed by atoms with Crippen LogP contribution in [0.25, 0.3) is 0 Å². The standard InChI is InChI=1S/C18H20N2O6S/c1-12-3-5-14(15(21)9-12)19-18(22)11-20(2)27(23,24)13-4-6-16-17(10-13)26-8-7-25-16/h3-6,9-10,21H,7-8,11H2,1-2H3,(H,19,22). The summed E-state index contributed by atoms with van der Waals surface area (Å²) < 4.78 is 37.2. The van der Waals surface area contributed by atoms with E-state index in [9.17, 15) is 18.3 Å². The van der Waals surface area contributed by atoms with Crippen LogP contribution in [-0.4, -0.2) is 50.5 Å². The number of aromatic hydroxyl groups is 1. The van der Waals surface area contributed by atoms with Crippen molar-refractivity contribution in [2.75, 3.05) is 32.1 Å². The summed E-state index contributed by atoms with van der Waals surface area (Å²) in [5.41, 5.74) is 1.06. The molecule has 9 heteroatoms. The summed E-state index contributed by atoms with van der Waals surface area (Å²) in [4.78, 5) is 12.2. The van der Waals surface area contributed by atoms with Crippen LogP contribution in [0.1, 0.15) is 5.56 Å². The van der Waals surface area contributed by atoms with Crippen molar-refractivity contribution in [3.05, 3.63) is 42.0 Å². The summed E-state index contributed by atoms with van der Waals surface area (Å²) in [5.74, 6) is 0.179. The maximum atomic E-state index is 12.7. The molecule has 8 nitrogen and oxygen atoms in total. The molecular weight excluding hydrogens is 372 g/mol. The third-order valence-corrected chi connectivity index (χ3v) is 5.81. The molecule has 0 atom stereocenters. The van der Waals surface area contributed by atoms with Crippen LogP contribution in [0.5, 0.6) is 17.2 Å². The molecule has 2 aromatic carbocycles. The van der Waals surface area contributed by atoms with E-state index in [1.54, 1.807) is 19.1 Å². The van der Waals surface area contributed by atoms with Gasteiger partial charge in [0.2, 0.25) is 15.9 Å². The number of anilines is 1. The number of ether oxygens (including phenoxy) is 2. The maximum absolute atomic E-state index is 12.7. The SMILES string of the molecule is Cc1ccc(NC(=O)CN(C)S(=O)(=O)c2ccc3c(c2)OCCO3)c(O)c1. The van der Waals surface area contributed by atoms with Gasteiger partial charge >= 0.3 is 0 Å². The van der Waals surface area contributed by atoms with Crippen molar-refractivity contribution < 1.29 is 27.8 Å². The number of hydrogen-bond donors (Lipinski definition) is 2. The van der Waals surface area contributed by atoms with Gasteiger partial charge in [-0.15, -0.1) is 0 Å². The zero-order valence-corrected chi connectivity index (χ0v) is 15.7. The van der Waals surface area contributed by atoms with E-state index >= 15 is 0 Å². The Bertz CT molecular complexity index is 974. The molecule has 0 unspecified atom stereocenters. The van der Waals surface area contributed by atoms with Gasteiger partial charge in [-0.3, -0.25) is 4.79 Å². The average molecular weight is 392 g/mol. The Kier molecular flexibility index (Phi) is 5.24. The van der Waals surface area contributed by atoms with Crippen LogP contribution >= 0.6 is 0 Å². The van der Waals surface area contributed by atoms with Crippen LogP contribution in [-0.2, 0) is 14.8 Å². The minimum atomic E-state index is -3.90. The maximum Gasteiger partial charge on any atom is 0.243 e. The average Bonchev–Trinajstić information content (AvgIpc) is 2.63. The zero-order valence-electron chi connectivity index (χ0n) is 14.9. The van der Waals surface area contributed by atoms with E-state index in [1.807, 2.05) is 0 Å². The summed E-state index contributed by atoms with van der Waals surface area (Å²) in [6.45, 7) is 2.14. The molecule has 1 heterocycles. The van der Waals surface area contributed by atoms with Crippen molar-refractivity contribution >= 4 is 21.6 Å². The lowest BCUT2D eigenvalue weighted by Gasteiger charge is -2.21. The first-order valence-corrected chi connectivity index (χ1v) is 9.67. The van der Waals surface area contributed by atoms with Crippen LogP contribution in [0.4, 0.5) is 5.69 Å². The van der Waals surface area contributed by atoms with E-state index in [2.05, 4.69) is 5.32 Å². The molecular formula is C18H20N2O6S. The Labute approximate surface area is 157 Å². The fraction of sp³-hybridized carbons (Fsp3) is 0.278. The highest BCUT2D eigenvalue weighted by Gasteiger charge is 2.25. The Morgan fingerprint density at radius 1 is 1.15 bits per heavy atom. The first-order chi connectivity index (χ1) is 12.8. The number of amides is 1. The molecule has 0 fully saturated rings. The fourth-order valence-electron chi connectivity index (χ4n) is 2.59. The number of nitrogens with one attached hydrogen (secondary N) is 1. The number of fused-ring (bicyclic) bond motifs is 1. The number of rotatable bonds is 5. The van der Waals surface area contributed by atoms with E-state index in [-0.39, 0.29) is 16.3 Å². The molecule has 0 bridgehead atoms. The lowest BCUT2D eigenvalue weighted by atomic mass is 10.2. The molecule has 0 saturated carbocycles. The lowest BCUT2D eigenvalue weighted by Crippen LogP contribution is -2.35. The van der Waals surface area contributed by atoms with Crippen LogP contribution in [0.3, 0.4) is 0 Å². The van der Waals surface area contributed by atoms with Crippen molar-refractivity contribution in [3.8, 4) is 17.2 Å². The van der Waals surface area contributed by atoms with Crippen molar-refractivity contribution in [3.63, 3.8) is 0 Å². The number of hydrogen-bond acceptors (Lipinski definition) is 6. The summed E-state index contributed by atoms with van der Waals surface area (Å²) >= 11 is 0. The predicted octanol–water partition coefficient (Wildman–Crippen LogP) is 1.73. The van der Waals surface area contributed by atoms with E-state index in [4.69, 9.17) is 9.47 Å². The molecule has 0 aliphatic carbocycles. The van der Waals surface area contributed by atoms with Crippen LogP contribution in [0.15, 0.2) is 41.3 Å². The normalized spacial score (nSPS) is 13.4. The molecule has 2 N–H and O–H groups in total. The van der Waals surface area contributed by atoms with Crippen LogP contribution in [0, 0.1) is 6.92 Å². The second kappa shape index (κ2) is 7.45. The zero-order chi connectivity index (χ0) is 19.6. The van der Waals surface area contributed by atoms with Gasteiger partial charge in [0, 0.05) is 13.1 Å². The molecule has 0 spiro atoms. The van der Waals surface area contributed by atoms with Gasteiger partial charge in [-0.2, -0.15) is 4.31 Å². The summed E-state index contributed by atoms with van der Waals surface area (Å²) in [5, 5.41) is 12.4. The number of sulfonamides is 1. The highest BCUT2D eigenvalue weighted by molar-refractivity contribution is 7.89. The second-order valence-corrected chi connectivity index (χ2v) is 8.18. The summed E-state index contributed by atoms with van der Waals surface area (Å²) in [6.07, 6.45) is 0. The van der Waals surface area contributed by atoms with Gasteiger partial charge in [0.1, 0.15) is 19.0 Å². The molecule has 1 amide bonds. The molecule has 0 saturated heterocycles. The monoisotopic (exact) mass is 392 g/mol. The van der Waals surface area contributed by atoms with Gasteiger partial charge in [-0.25, -0.2) is 8.42 Å². The molecule has 1 aliphatic heterocycles. The lowest BCUT2D eigenvalue weighted by molar-refractivity contribution is -0.116. The molecule has 3 rings (SSSR count). The van der Waals surface area contributed by atoms with Crippen molar-refractivity contribution in [2.45, 2.75) is 11.8 Å². The van der Waals surface area contributed by atoms with Crippen molar-refractivity contribution in [1.82, 2.24) is 4.31 Å². The Morgan fingerprint density at radius 2 is 1.85 bits per heavy atom. The van der Waals surface area contributed by atoms with E-state index in [0.29, 0.717) is 24.7 Å². The Hall–Kier alpha value is -2.78. The molecule has 1 aliphatic rings. The van der Waals surface area contributed by atoms with Gasteiger partial charge in [0.15, 0.2) is 11.5 Å². The number of phenols is 1.